The van der Waals surface area contributed by atoms with Gasteiger partial charge in [-0.3, -0.25) is 9.10 Å². The summed E-state index contributed by atoms with van der Waals surface area (Å²) in [5.41, 5.74) is 2.43. The second-order valence-corrected chi connectivity index (χ2v) is 9.69. The zero-order valence-electron chi connectivity index (χ0n) is 19.7. The average Bonchev–Trinajstić information content (AvgIpc) is 2.85. The number of amides is 1. The number of hydrogen-bond donors (Lipinski definition) is 1. The second-order valence-electron chi connectivity index (χ2n) is 7.83. The van der Waals surface area contributed by atoms with E-state index in [1.165, 1.54) is 7.11 Å². The summed E-state index contributed by atoms with van der Waals surface area (Å²) in [4.78, 5) is 12.9. The Balaban J connectivity index is 1.70. The Bertz CT molecular complexity index is 1190. The van der Waals surface area contributed by atoms with Crippen molar-refractivity contribution in [3.05, 3.63) is 83.9 Å². The molecule has 0 aliphatic heterocycles. The first-order chi connectivity index (χ1) is 16.3. The largest absolute Gasteiger partial charge is 0.497 e. The van der Waals surface area contributed by atoms with Crippen LogP contribution in [0.3, 0.4) is 0 Å². The number of methoxy groups -OCH3 is 2. The summed E-state index contributed by atoms with van der Waals surface area (Å²) in [5, 5.41) is 2.84. The van der Waals surface area contributed by atoms with Crippen molar-refractivity contribution >= 4 is 21.6 Å². The van der Waals surface area contributed by atoms with Gasteiger partial charge in [0.25, 0.3) is 10.0 Å². The van der Waals surface area contributed by atoms with Crippen LogP contribution in [0.1, 0.15) is 17.5 Å². The minimum Gasteiger partial charge on any atom is -0.497 e. The van der Waals surface area contributed by atoms with E-state index in [1.54, 1.807) is 55.6 Å². The Hall–Kier alpha value is -3.52. The molecule has 0 fully saturated rings. The molecule has 0 bridgehead atoms. The third kappa shape index (κ3) is 6.51. The first kappa shape index (κ1) is 25.1. The van der Waals surface area contributed by atoms with Crippen molar-refractivity contribution in [2.75, 3.05) is 31.6 Å². The Morgan fingerprint density at radius 1 is 0.912 bits per heavy atom. The molecule has 0 aliphatic carbocycles. The third-order valence-corrected chi connectivity index (χ3v) is 7.15. The molecule has 7 nitrogen and oxygen atoms in total. The van der Waals surface area contributed by atoms with Crippen molar-refractivity contribution in [2.45, 2.75) is 24.7 Å². The predicted octanol–water partition coefficient (Wildman–Crippen LogP) is 3.96. The monoisotopic (exact) mass is 482 g/mol. The van der Waals surface area contributed by atoms with Gasteiger partial charge in [-0.05, 0) is 61.7 Å². The Kier molecular flexibility index (Phi) is 8.54. The fourth-order valence-corrected chi connectivity index (χ4v) is 4.83. The van der Waals surface area contributed by atoms with E-state index in [-0.39, 0.29) is 17.3 Å². The molecule has 0 saturated carbocycles. The molecule has 8 heteroatoms. The number of carbonyl (C=O) groups excluding carboxylic acids is 1. The molecule has 3 aromatic rings. The molecule has 0 atom stereocenters. The van der Waals surface area contributed by atoms with E-state index in [4.69, 9.17) is 9.47 Å². The van der Waals surface area contributed by atoms with Crippen LogP contribution < -0.4 is 19.1 Å². The number of anilines is 1. The summed E-state index contributed by atoms with van der Waals surface area (Å²) in [5.74, 6) is 0.916. The molecular formula is C26H30N2O5S. The van der Waals surface area contributed by atoms with E-state index in [0.29, 0.717) is 18.0 Å². The highest BCUT2D eigenvalue weighted by molar-refractivity contribution is 7.92. The normalized spacial score (nSPS) is 11.0. The fraction of sp³-hybridized carbons (Fsp3) is 0.269. The van der Waals surface area contributed by atoms with Crippen LogP contribution in [-0.2, 0) is 21.2 Å². The first-order valence-corrected chi connectivity index (χ1v) is 12.4. The second kappa shape index (κ2) is 11.6. The molecule has 0 saturated heterocycles. The molecule has 0 aliphatic rings. The van der Waals surface area contributed by atoms with Crippen LogP contribution in [0.15, 0.2) is 77.7 Å². The minimum absolute atomic E-state index is 0.119. The van der Waals surface area contributed by atoms with Crippen molar-refractivity contribution < 1.29 is 22.7 Å². The Morgan fingerprint density at radius 2 is 1.59 bits per heavy atom. The lowest BCUT2D eigenvalue weighted by Gasteiger charge is -2.24. The summed E-state index contributed by atoms with van der Waals surface area (Å²) in [6.07, 6.45) is 1.51. The maximum absolute atomic E-state index is 13.4. The van der Waals surface area contributed by atoms with Gasteiger partial charge in [0, 0.05) is 12.6 Å². The molecule has 1 amide bonds. The summed E-state index contributed by atoms with van der Waals surface area (Å²) in [6.45, 7) is 1.98. The van der Waals surface area contributed by atoms with Crippen LogP contribution in [0.5, 0.6) is 11.5 Å². The van der Waals surface area contributed by atoms with Gasteiger partial charge in [-0.2, -0.15) is 0 Å². The molecule has 0 spiro atoms. The highest BCUT2D eigenvalue weighted by Gasteiger charge is 2.27. The third-order valence-electron chi connectivity index (χ3n) is 5.36. The molecule has 0 aromatic heterocycles. The molecule has 34 heavy (non-hydrogen) atoms. The number of benzene rings is 3. The van der Waals surface area contributed by atoms with Crippen LogP contribution in [0, 0.1) is 6.92 Å². The van der Waals surface area contributed by atoms with Crippen LogP contribution >= 0.6 is 0 Å². The van der Waals surface area contributed by atoms with E-state index in [2.05, 4.69) is 5.32 Å². The molecular weight excluding hydrogens is 452 g/mol. The van der Waals surface area contributed by atoms with Crippen molar-refractivity contribution in [3.8, 4) is 11.5 Å². The summed E-state index contributed by atoms with van der Waals surface area (Å²) in [7, 11) is -0.835. The topological polar surface area (TPSA) is 84.9 Å². The number of nitrogens with zero attached hydrogens (tertiary/aromatic N) is 1. The Morgan fingerprint density at radius 3 is 2.24 bits per heavy atom. The Labute approximate surface area is 201 Å². The van der Waals surface area contributed by atoms with Gasteiger partial charge in [0.15, 0.2) is 0 Å². The van der Waals surface area contributed by atoms with Crippen LogP contribution in [0.4, 0.5) is 5.69 Å². The van der Waals surface area contributed by atoms with Crippen LogP contribution in [0.2, 0.25) is 0 Å². The number of nitrogens with one attached hydrogen (secondary N) is 1. The molecule has 0 heterocycles. The lowest BCUT2D eigenvalue weighted by molar-refractivity contribution is -0.119. The lowest BCUT2D eigenvalue weighted by Crippen LogP contribution is -2.41. The predicted molar refractivity (Wildman–Crippen MR) is 133 cm³/mol. The van der Waals surface area contributed by atoms with E-state index >= 15 is 0 Å². The quantitative estimate of drug-likeness (QED) is 0.418. The smallest absolute Gasteiger partial charge is 0.264 e. The van der Waals surface area contributed by atoms with Crippen molar-refractivity contribution in [1.29, 1.82) is 0 Å². The zero-order chi connectivity index (χ0) is 24.6. The van der Waals surface area contributed by atoms with Gasteiger partial charge in [-0.25, -0.2) is 8.42 Å². The zero-order valence-corrected chi connectivity index (χ0v) is 20.5. The van der Waals surface area contributed by atoms with E-state index in [9.17, 15) is 13.2 Å². The molecule has 0 unspecified atom stereocenters. The van der Waals surface area contributed by atoms with Gasteiger partial charge in [0.2, 0.25) is 5.91 Å². The number of aryl methyl sites for hydroxylation is 2. The van der Waals surface area contributed by atoms with Gasteiger partial charge in [0.05, 0.1) is 24.8 Å². The molecule has 3 rings (SSSR count). The fourth-order valence-electron chi connectivity index (χ4n) is 3.42. The highest BCUT2D eigenvalue weighted by atomic mass is 32.2. The number of ether oxygens (including phenoxy) is 2. The van der Waals surface area contributed by atoms with Crippen molar-refractivity contribution in [3.63, 3.8) is 0 Å². The summed E-state index contributed by atoms with van der Waals surface area (Å²) in [6, 6.07) is 21.0. The number of carbonyl (C=O) groups is 1. The average molecular weight is 483 g/mol. The number of hydrogen-bond acceptors (Lipinski definition) is 5. The van der Waals surface area contributed by atoms with Crippen molar-refractivity contribution in [1.82, 2.24) is 5.32 Å². The van der Waals surface area contributed by atoms with Gasteiger partial charge in [-0.1, -0.05) is 35.9 Å². The number of sulfonamides is 1. The van der Waals surface area contributed by atoms with Crippen LogP contribution in [0.25, 0.3) is 0 Å². The number of rotatable bonds is 11. The maximum Gasteiger partial charge on any atom is 0.264 e. The molecule has 0 radical (unpaired) electrons. The van der Waals surface area contributed by atoms with Crippen LogP contribution in [-0.4, -0.2) is 41.6 Å². The first-order valence-electron chi connectivity index (χ1n) is 11.0. The van der Waals surface area contributed by atoms with Gasteiger partial charge < -0.3 is 14.8 Å². The minimum atomic E-state index is -3.97. The molecule has 1 N–H and O–H groups in total. The van der Waals surface area contributed by atoms with E-state index in [0.717, 1.165) is 34.0 Å². The summed E-state index contributed by atoms with van der Waals surface area (Å²) >= 11 is 0. The van der Waals surface area contributed by atoms with Gasteiger partial charge in [-0.15, -0.1) is 0 Å². The van der Waals surface area contributed by atoms with E-state index < -0.39 is 10.0 Å². The SMILES string of the molecule is COc1ccc(CCCNC(=O)CN(c2cccc(OC)c2)S(=O)(=O)c2ccc(C)cc2)cc1. The molecule has 180 valence electrons. The maximum atomic E-state index is 13.4. The molecule has 3 aromatic carbocycles. The van der Waals surface area contributed by atoms with Crippen molar-refractivity contribution in [2.24, 2.45) is 0 Å². The highest BCUT2D eigenvalue weighted by Crippen LogP contribution is 2.27. The lowest BCUT2D eigenvalue weighted by atomic mass is 10.1. The van der Waals surface area contributed by atoms with E-state index in [1.807, 2.05) is 31.2 Å². The van der Waals surface area contributed by atoms with Gasteiger partial charge in [0.1, 0.15) is 18.0 Å². The summed E-state index contributed by atoms with van der Waals surface area (Å²) < 4.78 is 38.4. The standard InChI is InChI=1S/C26H30N2O5S/c1-20-9-15-25(16-10-20)34(30,31)28(22-7-4-8-24(18-22)33-3)19-26(29)27-17-5-6-21-11-13-23(32-2)14-12-21/h4,7-16,18H,5-6,17,19H2,1-3H3,(H,27,29). The van der Waals surface area contributed by atoms with Gasteiger partial charge >= 0.3 is 0 Å².